The molecule has 0 nitrogen and oxygen atoms in total. The van der Waals surface area contributed by atoms with Crippen molar-refractivity contribution >= 4 is 24.3 Å². The van der Waals surface area contributed by atoms with Gasteiger partial charge in [-0.15, -0.1) is 0 Å². The highest BCUT2D eigenvalue weighted by Crippen LogP contribution is 2.23. The normalized spacial score (nSPS) is 12.5. The second-order valence-electron chi connectivity index (χ2n) is 7.51. The van der Waals surface area contributed by atoms with E-state index in [1.54, 1.807) is 0 Å². The minimum Gasteiger partial charge on any atom is -0.0622 e. The fourth-order valence-electron chi connectivity index (χ4n) is 3.41. The summed E-state index contributed by atoms with van der Waals surface area (Å²) < 4.78 is 0. The molecule has 0 heteroatoms. The maximum Gasteiger partial charge on any atom is -0.0178 e. The zero-order valence-electron chi connectivity index (χ0n) is 18.0. The third kappa shape index (κ3) is 6.42. The molecular weight excluding hydrogens is 384 g/mol. The molecule has 0 aliphatic carbocycles. The van der Waals surface area contributed by atoms with Crippen LogP contribution in [0.5, 0.6) is 0 Å². The van der Waals surface area contributed by atoms with Crippen molar-refractivity contribution < 1.29 is 0 Å². The van der Waals surface area contributed by atoms with Crippen molar-refractivity contribution in [2.75, 3.05) is 0 Å². The van der Waals surface area contributed by atoms with Gasteiger partial charge in [-0.05, 0) is 45.6 Å². The van der Waals surface area contributed by atoms with Crippen LogP contribution in [0.1, 0.15) is 22.3 Å². The molecule has 0 fully saturated rings. The predicted octanol–water partition coefficient (Wildman–Crippen LogP) is 8.58. The topological polar surface area (TPSA) is 0 Å². The Balaban J connectivity index is 1.79. The molecule has 0 bridgehead atoms. The fourth-order valence-corrected chi connectivity index (χ4v) is 3.41. The maximum absolute atomic E-state index is 2.24. The Morgan fingerprint density at radius 3 is 0.938 bits per heavy atom. The van der Waals surface area contributed by atoms with Crippen molar-refractivity contribution in [1.29, 1.82) is 0 Å². The highest BCUT2D eigenvalue weighted by atomic mass is 14.1. The summed E-state index contributed by atoms with van der Waals surface area (Å²) in [7, 11) is 0. The summed E-state index contributed by atoms with van der Waals surface area (Å²) in [5.74, 6) is 0. The standard InChI is InChI=1S/C32H26/c1-5-13-27(14-6-1)21-23-31(25-29-17-9-3-10-18-29)32(26-30-19-11-4-12-20-30)24-22-28-15-7-2-8-16-28/h1-26H/b23-21+,24-22+,31-25-,32-26+. The first-order valence-electron chi connectivity index (χ1n) is 10.9. The van der Waals surface area contributed by atoms with Crippen molar-refractivity contribution in [3.05, 3.63) is 167 Å². The molecule has 0 N–H and O–H groups in total. The molecule has 0 saturated heterocycles. The van der Waals surface area contributed by atoms with Crippen LogP contribution in [-0.4, -0.2) is 0 Å². The molecule has 0 unspecified atom stereocenters. The zero-order valence-corrected chi connectivity index (χ0v) is 18.0. The molecule has 0 spiro atoms. The monoisotopic (exact) mass is 410 g/mol. The largest absolute Gasteiger partial charge is 0.0622 e. The first kappa shape index (κ1) is 21.1. The molecule has 0 radical (unpaired) electrons. The van der Waals surface area contributed by atoms with Gasteiger partial charge in [-0.2, -0.15) is 0 Å². The number of rotatable bonds is 7. The summed E-state index contributed by atoms with van der Waals surface area (Å²) in [6.07, 6.45) is 13.2. The van der Waals surface area contributed by atoms with E-state index in [1.807, 2.05) is 24.3 Å². The molecule has 4 aromatic carbocycles. The molecule has 0 aromatic heterocycles. The summed E-state index contributed by atoms with van der Waals surface area (Å²) in [5.41, 5.74) is 7.00. The number of benzene rings is 4. The van der Waals surface area contributed by atoms with Gasteiger partial charge in [0, 0.05) is 0 Å². The Morgan fingerprint density at radius 1 is 0.344 bits per heavy atom. The molecule has 4 aromatic rings. The van der Waals surface area contributed by atoms with Crippen LogP contribution in [0.4, 0.5) is 0 Å². The van der Waals surface area contributed by atoms with E-state index in [0.29, 0.717) is 0 Å². The van der Waals surface area contributed by atoms with Crippen LogP contribution < -0.4 is 0 Å². The highest BCUT2D eigenvalue weighted by molar-refractivity contribution is 5.76. The van der Waals surface area contributed by atoms with E-state index in [4.69, 9.17) is 0 Å². The SMILES string of the molecule is C(=C(\C=C\c1ccccc1)C(/C=C/c1ccccc1)=C/c1ccccc1)/c1ccccc1. The van der Waals surface area contributed by atoms with Crippen LogP contribution in [0.2, 0.25) is 0 Å². The van der Waals surface area contributed by atoms with Gasteiger partial charge in [-0.1, -0.05) is 146 Å². The van der Waals surface area contributed by atoms with E-state index in [0.717, 1.165) is 11.1 Å². The Bertz CT molecular complexity index is 1110. The van der Waals surface area contributed by atoms with E-state index < -0.39 is 0 Å². The summed E-state index contributed by atoms with van der Waals surface area (Å²) in [6, 6.07) is 41.8. The second kappa shape index (κ2) is 11.3. The average molecular weight is 411 g/mol. The quantitative estimate of drug-likeness (QED) is 0.268. The highest BCUT2D eigenvalue weighted by Gasteiger charge is 2.02. The number of hydrogen-bond acceptors (Lipinski definition) is 0. The molecule has 0 heterocycles. The van der Waals surface area contributed by atoms with E-state index >= 15 is 0 Å². The van der Waals surface area contributed by atoms with E-state index in [1.165, 1.54) is 22.3 Å². The third-order valence-electron chi connectivity index (χ3n) is 5.09. The lowest BCUT2D eigenvalue weighted by atomic mass is 9.97. The molecule has 154 valence electrons. The Morgan fingerprint density at radius 2 is 0.625 bits per heavy atom. The van der Waals surface area contributed by atoms with Crippen molar-refractivity contribution in [3.8, 4) is 0 Å². The molecule has 0 aliphatic heterocycles. The van der Waals surface area contributed by atoms with Gasteiger partial charge < -0.3 is 0 Å². The molecule has 0 atom stereocenters. The average Bonchev–Trinajstić information content (AvgIpc) is 2.87. The fraction of sp³-hybridized carbons (Fsp3) is 0. The zero-order chi connectivity index (χ0) is 21.8. The first-order chi connectivity index (χ1) is 15.9. The van der Waals surface area contributed by atoms with Crippen LogP contribution >= 0.6 is 0 Å². The first-order valence-corrected chi connectivity index (χ1v) is 10.9. The van der Waals surface area contributed by atoms with Crippen molar-refractivity contribution in [2.45, 2.75) is 0 Å². The molecule has 0 aliphatic rings. The van der Waals surface area contributed by atoms with Gasteiger partial charge in [0.15, 0.2) is 0 Å². The van der Waals surface area contributed by atoms with Gasteiger partial charge in [-0.3, -0.25) is 0 Å². The minimum absolute atomic E-state index is 1.15. The number of hydrogen-bond donors (Lipinski definition) is 0. The summed E-state index contributed by atoms with van der Waals surface area (Å²) >= 11 is 0. The molecular formula is C32H26. The van der Waals surface area contributed by atoms with Gasteiger partial charge >= 0.3 is 0 Å². The molecule has 32 heavy (non-hydrogen) atoms. The maximum atomic E-state index is 2.24. The van der Waals surface area contributed by atoms with Gasteiger partial charge in [0.25, 0.3) is 0 Å². The van der Waals surface area contributed by atoms with Gasteiger partial charge in [0.05, 0.1) is 0 Å². The Hall–Kier alpha value is -4.16. The van der Waals surface area contributed by atoms with Crippen LogP contribution in [0.25, 0.3) is 24.3 Å². The summed E-state index contributed by atoms with van der Waals surface area (Å²) in [5, 5.41) is 0. The predicted molar refractivity (Wildman–Crippen MR) is 140 cm³/mol. The van der Waals surface area contributed by atoms with Gasteiger partial charge in [-0.25, -0.2) is 0 Å². The summed E-state index contributed by atoms with van der Waals surface area (Å²) in [4.78, 5) is 0. The lowest BCUT2D eigenvalue weighted by Crippen LogP contribution is -1.86. The van der Waals surface area contributed by atoms with Crippen LogP contribution in [0, 0.1) is 0 Å². The van der Waals surface area contributed by atoms with Crippen LogP contribution in [-0.2, 0) is 0 Å². The van der Waals surface area contributed by atoms with E-state index in [-0.39, 0.29) is 0 Å². The Kier molecular flexibility index (Phi) is 7.44. The van der Waals surface area contributed by atoms with E-state index in [9.17, 15) is 0 Å². The smallest absolute Gasteiger partial charge is 0.0178 e. The van der Waals surface area contributed by atoms with Gasteiger partial charge in [0.2, 0.25) is 0 Å². The minimum atomic E-state index is 1.15. The van der Waals surface area contributed by atoms with Crippen LogP contribution in [0.3, 0.4) is 0 Å². The van der Waals surface area contributed by atoms with Crippen molar-refractivity contribution in [2.24, 2.45) is 0 Å². The van der Waals surface area contributed by atoms with Gasteiger partial charge in [0.1, 0.15) is 0 Å². The van der Waals surface area contributed by atoms with E-state index in [2.05, 4.69) is 134 Å². The second-order valence-corrected chi connectivity index (χ2v) is 7.51. The third-order valence-corrected chi connectivity index (χ3v) is 5.09. The summed E-state index contributed by atoms with van der Waals surface area (Å²) in [6.45, 7) is 0. The van der Waals surface area contributed by atoms with Crippen molar-refractivity contribution in [1.82, 2.24) is 0 Å². The lowest BCUT2D eigenvalue weighted by Gasteiger charge is -2.07. The lowest BCUT2D eigenvalue weighted by molar-refractivity contribution is 1.56. The molecule has 4 rings (SSSR count). The van der Waals surface area contributed by atoms with Crippen molar-refractivity contribution in [3.63, 3.8) is 0 Å². The Labute approximate surface area is 191 Å². The molecule has 0 amide bonds. The van der Waals surface area contributed by atoms with Crippen LogP contribution in [0.15, 0.2) is 145 Å². The molecule has 0 saturated carbocycles. The number of allylic oxidation sites excluding steroid dienone is 4.